The van der Waals surface area contributed by atoms with Crippen molar-refractivity contribution in [1.82, 2.24) is 4.98 Å². The monoisotopic (exact) mass is 319 g/mol. The average molecular weight is 320 g/mol. The molecule has 19 heavy (non-hydrogen) atoms. The number of nitrogen functional groups attached to an aromatic ring is 1. The molecular weight excluding hydrogens is 306 g/mol. The Kier molecular flexibility index (Phi) is 3.85. The van der Waals surface area contributed by atoms with Crippen molar-refractivity contribution in [3.8, 4) is 0 Å². The summed E-state index contributed by atoms with van der Waals surface area (Å²) < 4.78 is 0.766. The number of amides is 1. The van der Waals surface area contributed by atoms with E-state index in [-0.39, 0.29) is 5.91 Å². The minimum atomic E-state index is -0.117. The highest BCUT2D eigenvalue weighted by molar-refractivity contribution is 9.10. The highest BCUT2D eigenvalue weighted by Gasteiger charge is 2.18. The maximum atomic E-state index is 12.5. The summed E-state index contributed by atoms with van der Waals surface area (Å²) in [7, 11) is 1.70. The molecule has 0 radical (unpaired) electrons. The van der Waals surface area contributed by atoms with Crippen LogP contribution in [-0.2, 0) is 0 Å². The van der Waals surface area contributed by atoms with E-state index in [0.29, 0.717) is 16.9 Å². The van der Waals surface area contributed by atoms with Crippen LogP contribution < -0.4 is 10.6 Å². The van der Waals surface area contributed by atoms with Crippen LogP contribution in [0.2, 0.25) is 0 Å². The van der Waals surface area contributed by atoms with Crippen molar-refractivity contribution in [1.29, 1.82) is 0 Å². The third kappa shape index (κ3) is 2.76. The van der Waals surface area contributed by atoms with Gasteiger partial charge in [0.25, 0.3) is 5.91 Å². The summed E-state index contributed by atoms with van der Waals surface area (Å²) in [5.41, 5.74) is 8.60. The van der Waals surface area contributed by atoms with Gasteiger partial charge in [-0.15, -0.1) is 0 Å². The molecule has 0 saturated carbocycles. The maximum absolute atomic E-state index is 12.5. The lowest BCUT2D eigenvalue weighted by atomic mass is 10.1. The Balaban J connectivity index is 2.39. The van der Waals surface area contributed by atoms with Crippen LogP contribution in [0.3, 0.4) is 0 Å². The van der Waals surface area contributed by atoms with Crippen molar-refractivity contribution in [3.63, 3.8) is 0 Å². The highest BCUT2D eigenvalue weighted by atomic mass is 79.9. The number of rotatable bonds is 2. The van der Waals surface area contributed by atoms with E-state index in [1.165, 1.54) is 11.1 Å². The zero-order valence-corrected chi connectivity index (χ0v) is 12.3. The summed E-state index contributed by atoms with van der Waals surface area (Å²) in [5, 5.41) is 0. The minimum Gasteiger partial charge on any atom is -0.396 e. The van der Waals surface area contributed by atoms with E-state index >= 15 is 0 Å². The number of aryl methyl sites for hydroxylation is 1. The van der Waals surface area contributed by atoms with Gasteiger partial charge in [-0.2, -0.15) is 0 Å². The third-order valence-corrected chi connectivity index (χ3v) is 3.54. The largest absolute Gasteiger partial charge is 0.396 e. The fourth-order valence-electron chi connectivity index (χ4n) is 1.80. The predicted molar refractivity (Wildman–Crippen MR) is 80.3 cm³/mol. The minimum absolute atomic E-state index is 0.117. The topological polar surface area (TPSA) is 59.2 Å². The summed E-state index contributed by atoms with van der Waals surface area (Å²) in [6.45, 7) is 1.95. The van der Waals surface area contributed by atoms with Crippen molar-refractivity contribution >= 4 is 33.2 Å². The van der Waals surface area contributed by atoms with Gasteiger partial charge >= 0.3 is 0 Å². The first-order chi connectivity index (χ1) is 9.00. The molecule has 0 bridgehead atoms. The smallest absolute Gasteiger partial charge is 0.259 e. The lowest BCUT2D eigenvalue weighted by Crippen LogP contribution is -2.27. The van der Waals surface area contributed by atoms with Gasteiger partial charge in [0.1, 0.15) is 0 Å². The molecule has 1 aromatic carbocycles. The van der Waals surface area contributed by atoms with Crippen molar-refractivity contribution < 1.29 is 4.79 Å². The molecule has 0 unspecified atom stereocenters. The number of halogens is 1. The van der Waals surface area contributed by atoms with E-state index in [0.717, 1.165) is 10.0 Å². The second-order valence-electron chi connectivity index (χ2n) is 4.28. The molecule has 1 heterocycles. The summed E-state index contributed by atoms with van der Waals surface area (Å²) in [5.74, 6) is -0.117. The molecule has 2 N–H and O–H groups in total. The number of pyridine rings is 1. The number of nitrogens with two attached hydrogens (primary N) is 1. The van der Waals surface area contributed by atoms with Gasteiger partial charge in [-0.05, 0) is 41.1 Å². The molecule has 0 atom stereocenters. The van der Waals surface area contributed by atoms with Gasteiger partial charge in [0.05, 0.1) is 23.1 Å². The molecule has 4 nitrogen and oxygen atoms in total. The van der Waals surface area contributed by atoms with Crippen LogP contribution in [0, 0.1) is 6.92 Å². The normalized spacial score (nSPS) is 10.3. The zero-order chi connectivity index (χ0) is 14.0. The fourth-order valence-corrected chi connectivity index (χ4v) is 2.21. The molecule has 0 aliphatic carbocycles. The third-order valence-electron chi connectivity index (χ3n) is 2.85. The maximum Gasteiger partial charge on any atom is 0.259 e. The van der Waals surface area contributed by atoms with Gasteiger partial charge in [-0.25, -0.2) is 0 Å². The lowest BCUT2D eigenvalue weighted by Gasteiger charge is -2.19. The predicted octanol–water partition coefficient (Wildman–Crippen LogP) is 3.01. The van der Waals surface area contributed by atoms with Crippen molar-refractivity contribution in [2.75, 3.05) is 17.7 Å². The Morgan fingerprint density at radius 2 is 2.11 bits per heavy atom. The molecule has 2 rings (SSSR count). The number of aromatic nitrogens is 1. The van der Waals surface area contributed by atoms with Gasteiger partial charge in [-0.3, -0.25) is 9.78 Å². The first-order valence-corrected chi connectivity index (χ1v) is 6.53. The van der Waals surface area contributed by atoms with Crippen LogP contribution in [0.15, 0.2) is 41.1 Å². The first-order valence-electron chi connectivity index (χ1n) is 5.74. The van der Waals surface area contributed by atoms with Gasteiger partial charge in [0.2, 0.25) is 0 Å². The van der Waals surface area contributed by atoms with Crippen LogP contribution in [-0.4, -0.2) is 17.9 Å². The SMILES string of the molecule is Cc1ccc(Br)c(C(=O)N(C)c2ccncc2N)c1. The molecule has 0 saturated heterocycles. The Bertz CT molecular complexity index is 628. The number of anilines is 2. The van der Waals surface area contributed by atoms with Crippen LogP contribution >= 0.6 is 15.9 Å². The Hall–Kier alpha value is -1.88. The number of carbonyl (C=O) groups is 1. The molecule has 0 spiro atoms. The molecule has 2 aromatic rings. The van der Waals surface area contributed by atoms with E-state index in [2.05, 4.69) is 20.9 Å². The van der Waals surface area contributed by atoms with E-state index in [4.69, 9.17) is 5.73 Å². The average Bonchev–Trinajstić information content (AvgIpc) is 2.40. The second-order valence-corrected chi connectivity index (χ2v) is 5.14. The quantitative estimate of drug-likeness (QED) is 0.925. The fraction of sp³-hybridized carbons (Fsp3) is 0.143. The highest BCUT2D eigenvalue weighted by Crippen LogP contribution is 2.25. The summed E-state index contributed by atoms with van der Waals surface area (Å²) >= 11 is 3.40. The van der Waals surface area contributed by atoms with Crippen molar-refractivity contribution in [2.24, 2.45) is 0 Å². The standard InChI is InChI=1S/C14H14BrN3O/c1-9-3-4-11(15)10(7-9)14(19)18(2)13-5-6-17-8-12(13)16/h3-8H,16H2,1-2H3. The number of hydrogen-bond acceptors (Lipinski definition) is 3. The molecule has 0 fully saturated rings. The number of carbonyl (C=O) groups excluding carboxylic acids is 1. The van der Waals surface area contributed by atoms with Gasteiger partial charge in [0, 0.05) is 17.7 Å². The molecule has 1 aromatic heterocycles. The summed E-state index contributed by atoms with van der Waals surface area (Å²) in [6.07, 6.45) is 3.14. The number of benzene rings is 1. The number of nitrogens with zero attached hydrogens (tertiary/aromatic N) is 2. The summed E-state index contributed by atoms with van der Waals surface area (Å²) in [4.78, 5) is 17.9. The molecule has 98 valence electrons. The van der Waals surface area contributed by atoms with Crippen molar-refractivity contribution in [2.45, 2.75) is 6.92 Å². The molecular formula is C14H14BrN3O. The van der Waals surface area contributed by atoms with Gasteiger partial charge in [-0.1, -0.05) is 11.6 Å². The van der Waals surface area contributed by atoms with Crippen LogP contribution in [0.5, 0.6) is 0 Å². The Morgan fingerprint density at radius 1 is 1.37 bits per heavy atom. The molecule has 0 aliphatic rings. The summed E-state index contributed by atoms with van der Waals surface area (Å²) in [6, 6.07) is 7.38. The zero-order valence-electron chi connectivity index (χ0n) is 10.7. The van der Waals surface area contributed by atoms with Gasteiger partial charge in [0.15, 0.2) is 0 Å². The van der Waals surface area contributed by atoms with E-state index in [1.54, 1.807) is 19.3 Å². The van der Waals surface area contributed by atoms with E-state index in [1.807, 2.05) is 25.1 Å². The Morgan fingerprint density at radius 3 is 2.79 bits per heavy atom. The van der Waals surface area contributed by atoms with Crippen LogP contribution in [0.1, 0.15) is 15.9 Å². The molecule has 0 aliphatic heterocycles. The number of hydrogen-bond donors (Lipinski definition) is 1. The van der Waals surface area contributed by atoms with Crippen LogP contribution in [0.25, 0.3) is 0 Å². The van der Waals surface area contributed by atoms with Gasteiger partial charge < -0.3 is 10.6 Å². The molecule has 1 amide bonds. The Labute approximate surface area is 120 Å². The van der Waals surface area contributed by atoms with Crippen molar-refractivity contribution in [3.05, 3.63) is 52.3 Å². The lowest BCUT2D eigenvalue weighted by molar-refractivity contribution is 0.0992. The van der Waals surface area contributed by atoms with E-state index < -0.39 is 0 Å². The second kappa shape index (κ2) is 5.40. The molecule has 5 heteroatoms. The first kappa shape index (κ1) is 13.5. The van der Waals surface area contributed by atoms with E-state index in [9.17, 15) is 4.79 Å². The van der Waals surface area contributed by atoms with Crippen LogP contribution in [0.4, 0.5) is 11.4 Å².